The maximum absolute atomic E-state index is 5.53. The zero-order valence-corrected chi connectivity index (χ0v) is 11.3. The van der Waals surface area contributed by atoms with Gasteiger partial charge in [-0.3, -0.25) is 9.88 Å². The first kappa shape index (κ1) is 13.2. The minimum atomic E-state index is 0.454. The molecule has 18 heavy (non-hydrogen) atoms. The molecule has 0 bridgehead atoms. The van der Waals surface area contributed by atoms with Gasteiger partial charge >= 0.3 is 0 Å². The number of hydrogen-bond acceptors (Lipinski definition) is 5. The van der Waals surface area contributed by atoms with Crippen molar-refractivity contribution >= 4 is 5.82 Å². The molecule has 2 rings (SSSR count). The predicted molar refractivity (Wildman–Crippen MR) is 73.5 cm³/mol. The second kappa shape index (κ2) is 6.11. The highest BCUT2D eigenvalue weighted by atomic mass is 15.3. The number of nitrogens with zero attached hydrogens (tertiary/aromatic N) is 4. The van der Waals surface area contributed by atoms with Crippen molar-refractivity contribution in [1.82, 2.24) is 14.9 Å². The van der Waals surface area contributed by atoms with Crippen LogP contribution in [0.4, 0.5) is 5.82 Å². The number of nitrogens with two attached hydrogens (primary N) is 1. The summed E-state index contributed by atoms with van der Waals surface area (Å²) in [6.45, 7) is 9.26. The van der Waals surface area contributed by atoms with Crippen LogP contribution in [0.15, 0.2) is 12.4 Å². The lowest BCUT2D eigenvalue weighted by atomic mass is 10.2. The van der Waals surface area contributed by atoms with Crippen molar-refractivity contribution in [1.29, 1.82) is 0 Å². The molecule has 2 N–H and O–H groups in total. The van der Waals surface area contributed by atoms with Gasteiger partial charge in [-0.15, -0.1) is 0 Å². The van der Waals surface area contributed by atoms with Gasteiger partial charge in [0.15, 0.2) is 0 Å². The van der Waals surface area contributed by atoms with Gasteiger partial charge < -0.3 is 10.6 Å². The largest absolute Gasteiger partial charge is 0.354 e. The summed E-state index contributed by atoms with van der Waals surface area (Å²) < 4.78 is 0. The summed E-state index contributed by atoms with van der Waals surface area (Å²) in [6, 6.07) is 0.649. The Morgan fingerprint density at radius 2 is 2.11 bits per heavy atom. The smallest absolute Gasteiger partial charge is 0.147 e. The molecule has 0 spiro atoms. The summed E-state index contributed by atoms with van der Waals surface area (Å²) in [5, 5.41) is 0. The average molecular weight is 249 g/mol. The highest BCUT2D eigenvalue weighted by Gasteiger charge is 2.26. The van der Waals surface area contributed by atoms with Gasteiger partial charge in [0, 0.05) is 25.7 Å². The molecule has 0 saturated carbocycles. The molecule has 2 heterocycles. The number of hydrogen-bond donors (Lipinski definition) is 1. The Morgan fingerprint density at radius 3 is 2.67 bits per heavy atom. The topological polar surface area (TPSA) is 58.3 Å². The minimum Gasteiger partial charge on any atom is -0.354 e. The molecule has 0 radical (unpaired) electrons. The van der Waals surface area contributed by atoms with Crippen molar-refractivity contribution < 1.29 is 0 Å². The first-order chi connectivity index (χ1) is 8.78. The molecule has 100 valence electrons. The second-order valence-corrected chi connectivity index (χ2v) is 4.68. The van der Waals surface area contributed by atoms with Crippen molar-refractivity contribution in [2.75, 3.05) is 31.1 Å². The molecule has 1 saturated heterocycles. The van der Waals surface area contributed by atoms with Crippen molar-refractivity contribution in [3.05, 3.63) is 18.1 Å². The van der Waals surface area contributed by atoms with Gasteiger partial charge in [-0.05, 0) is 19.5 Å². The third-order valence-corrected chi connectivity index (χ3v) is 3.72. The van der Waals surface area contributed by atoms with E-state index in [0.29, 0.717) is 12.6 Å². The fraction of sp³-hybridized carbons (Fsp3) is 0.692. The fourth-order valence-electron chi connectivity index (χ4n) is 2.60. The molecule has 1 aromatic heterocycles. The fourth-order valence-corrected chi connectivity index (χ4v) is 2.60. The van der Waals surface area contributed by atoms with Crippen molar-refractivity contribution in [2.45, 2.75) is 32.9 Å². The van der Waals surface area contributed by atoms with E-state index in [9.17, 15) is 0 Å². The van der Waals surface area contributed by atoms with E-state index in [0.717, 1.165) is 37.7 Å². The Morgan fingerprint density at radius 1 is 1.33 bits per heavy atom. The van der Waals surface area contributed by atoms with Gasteiger partial charge in [0.25, 0.3) is 0 Å². The van der Waals surface area contributed by atoms with Gasteiger partial charge in [-0.1, -0.05) is 13.8 Å². The molecule has 0 amide bonds. The molecule has 1 fully saturated rings. The zero-order chi connectivity index (χ0) is 13.0. The third kappa shape index (κ3) is 2.79. The summed E-state index contributed by atoms with van der Waals surface area (Å²) in [5.41, 5.74) is 6.37. The van der Waals surface area contributed by atoms with Crippen molar-refractivity contribution in [3.8, 4) is 0 Å². The van der Waals surface area contributed by atoms with E-state index in [4.69, 9.17) is 5.73 Å². The quantitative estimate of drug-likeness (QED) is 0.838. The molecule has 5 heteroatoms. The van der Waals surface area contributed by atoms with E-state index >= 15 is 0 Å². The van der Waals surface area contributed by atoms with Crippen LogP contribution in [0.5, 0.6) is 0 Å². The van der Waals surface area contributed by atoms with Crippen LogP contribution in [0, 0.1) is 0 Å². The summed E-state index contributed by atoms with van der Waals surface area (Å²) in [5.74, 6) is 0.974. The summed E-state index contributed by atoms with van der Waals surface area (Å²) in [4.78, 5) is 13.6. The molecule has 5 nitrogen and oxygen atoms in total. The van der Waals surface area contributed by atoms with Crippen LogP contribution in [0.3, 0.4) is 0 Å². The maximum atomic E-state index is 5.53. The lowest BCUT2D eigenvalue weighted by Gasteiger charge is -2.26. The van der Waals surface area contributed by atoms with E-state index < -0.39 is 0 Å². The molecular formula is C13H23N5. The highest BCUT2D eigenvalue weighted by Crippen LogP contribution is 2.20. The van der Waals surface area contributed by atoms with Gasteiger partial charge in [0.1, 0.15) is 5.82 Å². The Hall–Kier alpha value is -1.20. The molecule has 1 unspecified atom stereocenters. The van der Waals surface area contributed by atoms with Gasteiger partial charge in [0.05, 0.1) is 18.1 Å². The van der Waals surface area contributed by atoms with Crippen LogP contribution >= 0.6 is 0 Å². The lowest BCUT2D eigenvalue weighted by Crippen LogP contribution is -2.37. The van der Waals surface area contributed by atoms with Crippen LogP contribution in [-0.2, 0) is 6.54 Å². The van der Waals surface area contributed by atoms with Crippen LogP contribution in [-0.4, -0.2) is 47.1 Å². The van der Waals surface area contributed by atoms with Crippen LogP contribution in [0.2, 0.25) is 0 Å². The van der Waals surface area contributed by atoms with E-state index in [1.807, 2.05) is 6.20 Å². The van der Waals surface area contributed by atoms with Crippen molar-refractivity contribution in [2.24, 2.45) is 5.73 Å². The third-order valence-electron chi connectivity index (χ3n) is 3.72. The Bertz CT molecular complexity index is 360. The van der Waals surface area contributed by atoms with Gasteiger partial charge in [0.2, 0.25) is 0 Å². The molecule has 1 atom stereocenters. The van der Waals surface area contributed by atoms with E-state index in [1.54, 1.807) is 6.20 Å². The molecule has 1 aliphatic heterocycles. The average Bonchev–Trinajstić information content (AvgIpc) is 2.90. The molecule has 1 aromatic rings. The first-order valence-corrected chi connectivity index (χ1v) is 6.78. The maximum Gasteiger partial charge on any atom is 0.147 e. The molecule has 1 aliphatic rings. The number of likely N-dealkylation sites (N-methyl/N-ethyl adjacent to an activating group) is 1. The first-order valence-electron chi connectivity index (χ1n) is 6.78. The standard InChI is InChI=1S/C13H23N5/c1-3-17(4-2)12-5-6-18(10-12)13-9-15-11(7-14)8-16-13/h8-9,12H,3-7,10,14H2,1-2H3. The number of aromatic nitrogens is 2. The number of anilines is 1. The van der Waals surface area contributed by atoms with E-state index in [-0.39, 0.29) is 0 Å². The molecule has 0 aliphatic carbocycles. The van der Waals surface area contributed by atoms with E-state index in [1.165, 1.54) is 6.42 Å². The Kier molecular flexibility index (Phi) is 4.49. The second-order valence-electron chi connectivity index (χ2n) is 4.68. The SMILES string of the molecule is CCN(CC)C1CCN(c2cnc(CN)cn2)C1. The van der Waals surface area contributed by atoms with Crippen LogP contribution in [0.25, 0.3) is 0 Å². The van der Waals surface area contributed by atoms with Crippen LogP contribution < -0.4 is 10.6 Å². The Labute approximate surface area is 109 Å². The molecular weight excluding hydrogens is 226 g/mol. The minimum absolute atomic E-state index is 0.454. The zero-order valence-electron chi connectivity index (χ0n) is 11.3. The molecule has 0 aromatic carbocycles. The normalized spacial score (nSPS) is 19.8. The summed E-state index contributed by atoms with van der Waals surface area (Å²) in [7, 11) is 0. The highest BCUT2D eigenvalue weighted by molar-refractivity contribution is 5.37. The van der Waals surface area contributed by atoms with Crippen molar-refractivity contribution in [3.63, 3.8) is 0 Å². The van der Waals surface area contributed by atoms with Gasteiger partial charge in [-0.25, -0.2) is 4.98 Å². The van der Waals surface area contributed by atoms with Gasteiger partial charge in [-0.2, -0.15) is 0 Å². The predicted octanol–water partition coefficient (Wildman–Crippen LogP) is 0.856. The van der Waals surface area contributed by atoms with Crippen LogP contribution in [0.1, 0.15) is 26.0 Å². The Balaban J connectivity index is 1.99. The monoisotopic (exact) mass is 249 g/mol. The summed E-state index contributed by atoms with van der Waals surface area (Å²) >= 11 is 0. The van der Waals surface area contributed by atoms with E-state index in [2.05, 4.69) is 33.6 Å². The number of rotatable bonds is 5. The summed E-state index contributed by atoms with van der Waals surface area (Å²) in [6.07, 6.45) is 4.83. The lowest BCUT2D eigenvalue weighted by molar-refractivity contribution is 0.232.